The van der Waals surface area contributed by atoms with Gasteiger partial charge in [0.05, 0.1) is 10.8 Å². The monoisotopic (exact) mass is 381 g/mol. The number of hydrogen-bond donors (Lipinski definition) is 0. The highest BCUT2D eigenvalue weighted by atomic mass is 35.5. The molecule has 0 unspecified atom stereocenters. The molecule has 0 atom stereocenters. The van der Waals surface area contributed by atoms with E-state index >= 15 is 0 Å². The van der Waals surface area contributed by atoms with E-state index in [0.717, 1.165) is 5.56 Å². The zero-order valence-corrected chi connectivity index (χ0v) is 14.7. The molecule has 0 saturated carbocycles. The van der Waals surface area contributed by atoms with Crippen LogP contribution in [0.5, 0.6) is 0 Å². The summed E-state index contributed by atoms with van der Waals surface area (Å²) in [5.74, 6) is 0.927. The molecular formula is C15H12ClN3O3S2. The van der Waals surface area contributed by atoms with Gasteiger partial charge >= 0.3 is 0 Å². The number of rotatable bonds is 4. The van der Waals surface area contributed by atoms with Gasteiger partial charge in [-0.15, -0.1) is 0 Å². The standard InChI is InChI=1S/C15H12ClN3O3S2/c16-12-1-3-13(4-2-12)24(20,21)19-7-11(8-19)15-17-14(18-22-15)10-5-6-23-9-10/h1-6,9,11H,7-8H2. The summed E-state index contributed by atoms with van der Waals surface area (Å²) in [4.78, 5) is 4.60. The molecule has 0 spiro atoms. The van der Waals surface area contributed by atoms with Crippen LogP contribution in [0, 0.1) is 0 Å². The Kier molecular flexibility index (Phi) is 3.92. The lowest BCUT2D eigenvalue weighted by atomic mass is 10.0. The van der Waals surface area contributed by atoms with Crippen LogP contribution in [-0.4, -0.2) is 36.0 Å². The molecule has 3 heterocycles. The summed E-state index contributed by atoms with van der Waals surface area (Å²) >= 11 is 7.36. The number of aromatic nitrogens is 2. The minimum atomic E-state index is -3.51. The summed E-state index contributed by atoms with van der Waals surface area (Å²) in [6, 6.07) is 8.06. The normalized spacial score (nSPS) is 16.2. The quantitative estimate of drug-likeness (QED) is 0.693. The highest BCUT2D eigenvalue weighted by Crippen LogP contribution is 2.32. The number of halogens is 1. The van der Waals surface area contributed by atoms with Gasteiger partial charge in [-0.2, -0.15) is 20.6 Å². The molecule has 4 rings (SSSR count). The average Bonchev–Trinajstić information content (AvgIpc) is 3.16. The van der Waals surface area contributed by atoms with Crippen molar-refractivity contribution in [3.05, 3.63) is 52.0 Å². The molecule has 1 aliphatic heterocycles. The fourth-order valence-corrected chi connectivity index (χ4v) is 4.75. The van der Waals surface area contributed by atoms with E-state index in [1.165, 1.54) is 16.4 Å². The van der Waals surface area contributed by atoms with Crippen molar-refractivity contribution in [2.75, 3.05) is 13.1 Å². The van der Waals surface area contributed by atoms with Crippen LogP contribution >= 0.6 is 22.9 Å². The number of nitrogens with zero attached hydrogens (tertiary/aromatic N) is 3. The summed E-state index contributed by atoms with van der Waals surface area (Å²) in [6.45, 7) is 0.659. The Balaban J connectivity index is 1.47. The van der Waals surface area contributed by atoms with E-state index in [1.54, 1.807) is 23.5 Å². The van der Waals surface area contributed by atoms with Gasteiger partial charge in [-0.25, -0.2) is 8.42 Å². The fourth-order valence-electron chi connectivity index (χ4n) is 2.46. The first-order valence-corrected chi connectivity index (χ1v) is 9.92. The molecule has 3 aromatic rings. The topological polar surface area (TPSA) is 76.3 Å². The Morgan fingerprint density at radius 2 is 1.96 bits per heavy atom. The van der Waals surface area contributed by atoms with Gasteiger partial charge in [0.2, 0.25) is 21.7 Å². The molecule has 1 saturated heterocycles. The number of hydrogen-bond acceptors (Lipinski definition) is 6. The summed E-state index contributed by atoms with van der Waals surface area (Å²) in [7, 11) is -3.51. The maximum Gasteiger partial charge on any atom is 0.243 e. The van der Waals surface area contributed by atoms with Crippen LogP contribution in [0.1, 0.15) is 11.8 Å². The third kappa shape index (κ3) is 2.75. The van der Waals surface area contributed by atoms with E-state index in [0.29, 0.717) is 29.8 Å². The maximum absolute atomic E-state index is 12.5. The molecule has 1 aromatic carbocycles. The van der Waals surface area contributed by atoms with Gasteiger partial charge in [0, 0.05) is 29.1 Å². The second-order valence-electron chi connectivity index (χ2n) is 5.44. The highest BCUT2D eigenvalue weighted by Gasteiger charge is 2.40. The first kappa shape index (κ1) is 15.8. The van der Waals surface area contributed by atoms with E-state index in [9.17, 15) is 8.42 Å². The highest BCUT2D eigenvalue weighted by molar-refractivity contribution is 7.89. The van der Waals surface area contributed by atoms with E-state index < -0.39 is 10.0 Å². The third-order valence-electron chi connectivity index (χ3n) is 3.87. The van der Waals surface area contributed by atoms with Crippen molar-refractivity contribution in [2.24, 2.45) is 0 Å². The van der Waals surface area contributed by atoms with Gasteiger partial charge in [-0.1, -0.05) is 16.8 Å². The first-order chi connectivity index (χ1) is 11.5. The zero-order chi connectivity index (χ0) is 16.7. The van der Waals surface area contributed by atoms with Crippen molar-refractivity contribution in [1.29, 1.82) is 0 Å². The van der Waals surface area contributed by atoms with Gasteiger partial charge in [0.15, 0.2) is 0 Å². The van der Waals surface area contributed by atoms with Crippen LogP contribution in [0.3, 0.4) is 0 Å². The molecule has 0 aliphatic carbocycles. The number of sulfonamides is 1. The molecule has 6 nitrogen and oxygen atoms in total. The number of thiophene rings is 1. The Labute approximate surface area is 147 Å². The third-order valence-corrected chi connectivity index (χ3v) is 6.65. The first-order valence-electron chi connectivity index (χ1n) is 7.16. The van der Waals surface area contributed by atoms with Crippen molar-refractivity contribution in [3.8, 4) is 11.4 Å². The molecule has 24 heavy (non-hydrogen) atoms. The molecule has 9 heteroatoms. The molecule has 2 aromatic heterocycles. The zero-order valence-electron chi connectivity index (χ0n) is 12.3. The minimum absolute atomic E-state index is 0.0769. The summed E-state index contributed by atoms with van der Waals surface area (Å²) in [6.07, 6.45) is 0. The molecule has 124 valence electrons. The smallest absolute Gasteiger partial charge is 0.243 e. The molecule has 0 bridgehead atoms. The number of benzene rings is 1. The molecule has 1 aliphatic rings. The molecular weight excluding hydrogens is 370 g/mol. The Morgan fingerprint density at radius 3 is 2.62 bits per heavy atom. The van der Waals surface area contributed by atoms with Crippen LogP contribution in [0.4, 0.5) is 0 Å². The SMILES string of the molecule is O=S(=O)(c1ccc(Cl)cc1)N1CC(c2nc(-c3ccsc3)no2)C1. The van der Waals surface area contributed by atoms with Crippen molar-refractivity contribution in [1.82, 2.24) is 14.4 Å². The van der Waals surface area contributed by atoms with Crippen LogP contribution in [0.2, 0.25) is 5.02 Å². The van der Waals surface area contributed by atoms with Crippen molar-refractivity contribution < 1.29 is 12.9 Å². The van der Waals surface area contributed by atoms with E-state index in [1.807, 2.05) is 16.8 Å². The van der Waals surface area contributed by atoms with Crippen molar-refractivity contribution in [2.45, 2.75) is 10.8 Å². The average molecular weight is 382 g/mol. The van der Waals surface area contributed by atoms with Crippen LogP contribution in [-0.2, 0) is 10.0 Å². The lowest BCUT2D eigenvalue weighted by Gasteiger charge is -2.35. The molecule has 1 fully saturated rings. The predicted molar refractivity (Wildman–Crippen MR) is 90.6 cm³/mol. The molecule has 0 N–H and O–H groups in total. The summed E-state index contributed by atoms with van der Waals surface area (Å²) < 4.78 is 31.7. The van der Waals surface area contributed by atoms with Crippen LogP contribution in [0.15, 0.2) is 50.5 Å². The lowest BCUT2D eigenvalue weighted by Crippen LogP contribution is -2.48. The minimum Gasteiger partial charge on any atom is -0.339 e. The fraction of sp³-hybridized carbons (Fsp3) is 0.200. The summed E-state index contributed by atoms with van der Waals surface area (Å²) in [5.41, 5.74) is 0.903. The Bertz CT molecular complexity index is 946. The van der Waals surface area contributed by atoms with E-state index in [2.05, 4.69) is 10.1 Å². The van der Waals surface area contributed by atoms with Gasteiger partial charge < -0.3 is 4.52 Å². The Morgan fingerprint density at radius 1 is 1.21 bits per heavy atom. The van der Waals surface area contributed by atoms with E-state index in [-0.39, 0.29) is 10.8 Å². The summed E-state index contributed by atoms with van der Waals surface area (Å²) in [5, 5.41) is 8.33. The lowest BCUT2D eigenvalue weighted by molar-refractivity contribution is 0.217. The van der Waals surface area contributed by atoms with Crippen LogP contribution in [0.25, 0.3) is 11.4 Å². The molecule has 0 amide bonds. The van der Waals surface area contributed by atoms with Gasteiger partial charge in [0.25, 0.3) is 0 Å². The van der Waals surface area contributed by atoms with E-state index in [4.69, 9.17) is 16.1 Å². The maximum atomic E-state index is 12.5. The van der Waals surface area contributed by atoms with Gasteiger partial charge in [0.1, 0.15) is 0 Å². The predicted octanol–water partition coefficient (Wildman–Crippen LogP) is 3.24. The Hall–Kier alpha value is -1.74. The van der Waals surface area contributed by atoms with Crippen molar-refractivity contribution >= 4 is 33.0 Å². The second-order valence-corrected chi connectivity index (χ2v) is 8.60. The molecule has 0 radical (unpaired) electrons. The van der Waals surface area contributed by atoms with Gasteiger partial charge in [-0.05, 0) is 35.7 Å². The second kappa shape index (κ2) is 5.96. The van der Waals surface area contributed by atoms with Gasteiger partial charge in [-0.3, -0.25) is 0 Å². The van der Waals surface area contributed by atoms with Crippen molar-refractivity contribution in [3.63, 3.8) is 0 Å². The van der Waals surface area contributed by atoms with Crippen LogP contribution < -0.4 is 0 Å². The largest absolute Gasteiger partial charge is 0.339 e.